The maximum Gasteiger partial charge on any atom is 0.338 e. The molecule has 1 N–H and O–H groups in total. The molecule has 2 saturated heterocycles. The van der Waals surface area contributed by atoms with E-state index in [-0.39, 0.29) is 18.8 Å². The molecule has 19 heteroatoms. The predicted molar refractivity (Wildman–Crippen MR) is 237 cm³/mol. The van der Waals surface area contributed by atoms with Gasteiger partial charge in [-0.25, -0.2) is 4.79 Å². The molecule has 2 aliphatic rings. The number of nitrogens with one attached hydrogen (secondary N) is 1. The summed E-state index contributed by atoms with van der Waals surface area (Å²) in [5, 5.41) is 8.36. The molecule has 2 heterocycles. The maximum atomic E-state index is 14.2. The first-order valence-corrected chi connectivity index (χ1v) is 29.9. The number of benzene rings is 1. The monoisotopic (exact) mass is 943 g/mol. The number of hydrogen-bond acceptors (Lipinski definition) is 13. The van der Waals surface area contributed by atoms with E-state index in [1.54, 1.807) is 31.4 Å². The molecule has 2 fully saturated rings. The summed E-state index contributed by atoms with van der Waals surface area (Å²) in [5.41, 5.74) is 0.282. The molecule has 1 aromatic carbocycles. The van der Waals surface area contributed by atoms with E-state index in [0.717, 1.165) is 54.4 Å². The summed E-state index contributed by atoms with van der Waals surface area (Å²) < 4.78 is 62.5. The van der Waals surface area contributed by atoms with E-state index in [1.165, 1.54) is 6.92 Å². The lowest BCUT2D eigenvalue weighted by Crippen LogP contribution is -2.66. The van der Waals surface area contributed by atoms with Crippen LogP contribution in [0.5, 0.6) is 5.75 Å². The number of alkyl halides is 3. The second-order valence-electron chi connectivity index (χ2n) is 15.2. The van der Waals surface area contributed by atoms with E-state index in [9.17, 15) is 9.59 Å². The highest BCUT2D eigenvalue weighted by Crippen LogP contribution is 2.39. The number of carbonyl (C=O) groups excluding carboxylic acids is 2. The molecule has 1 aromatic rings. The van der Waals surface area contributed by atoms with Crippen LogP contribution in [-0.4, -0.2) is 116 Å². The van der Waals surface area contributed by atoms with Crippen molar-refractivity contribution < 1.29 is 56.0 Å². The lowest BCUT2D eigenvalue weighted by atomic mass is 10.0. The molecule has 2 aliphatic heterocycles. The number of methoxy groups -OCH3 is 1. The fourth-order valence-corrected chi connectivity index (χ4v) is 16.5. The van der Waals surface area contributed by atoms with Crippen LogP contribution >= 0.6 is 34.8 Å². The molecule has 13 nitrogen and oxygen atoms in total. The molecule has 0 saturated carbocycles. The Morgan fingerprint density at radius 1 is 0.644 bits per heavy atom. The highest BCUT2D eigenvalue weighted by atomic mass is 35.6. The fourth-order valence-electron chi connectivity index (χ4n) is 7.84. The SMILES string of the molecule is CC[Si](CC)(CC)OC1COC(OC(=N)C(Cl)(Cl)Cl)C(OC(C)=O)C1OC1OCC(O[Si](CC)(CC)CC)C(O[Si](CC)(CC)CC)C1OC(=O)c1ccc(OC)cc1. The van der Waals surface area contributed by atoms with Crippen molar-refractivity contribution >= 4 is 77.6 Å². The summed E-state index contributed by atoms with van der Waals surface area (Å²) in [4.78, 5) is 27.1. The van der Waals surface area contributed by atoms with Crippen LogP contribution in [0.25, 0.3) is 0 Å². The lowest BCUT2D eigenvalue weighted by molar-refractivity contribution is -0.324. The fraction of sp³-hybridized carbons (Fsp3) is 0.775. The van der Waals surface area contributed by atoms with Gasteiger partial charge < -0.3 is 46.4 Å². The Bertz CT molecular complexity index is 1460. The Labute approximate surface area is 369 Å². The largest absolute Gasteiger partial charge is 0.497 e. The zero-order chi connectivity index (χ0) is 44.2. The Kier molecular flexibility index (Phi) is 20.7. The number of esters is 2. The maximum absolute atomic E-state index is 14.2. The minimum atomic E-state index is -2.43. The average molecular weight is 946 g/mol. The highest BCUT2D eigenvalue weighted by molar-refractivity contribution is 6.76. The lowest BCUT2D eigenvalue weighted by Gasteiger charge is -2.50. The number of carbonyl (C=O) groups is 2. The molecule has 0 aromatic heterocycles. The average Bonchev–Trinajstić information content (AvgIpc) is 3.23. The molecule has 0 spiro atoms. The molecule has 0 bridgehead atoms. The van der Waals surface area contributed by atoms with Crippen molar-refractivity contribution in [3.05, 3.63) is 29.8 Å². The minimum absolute atomic E-state index is 0.0741. The van der Waals surface area contributed by atoms with E-state index in [1.807, 2.05) is 0 Å². The number of ether oxygens (including phenoxy) is 7. The zero-order valence-corrected chi connectivity index (χ0v) is 42.0. The van der Waals surface area contributed by atoms with Crippen molar-refractivity contribution in [1.29, 1.82) is 5.41 Å². The summed E-state index contributed by atoms with van der Waals surface area (Å²) in [6.07, 6.45) is -8.54. The third-order valence-electron chi connectivity index (χ3n) is 12.4. The summed E-state index contributed by atoms with van der Waals surface area (Å²) in [7, 11) is -5.55. The van der Waals surface area contributed by atoms with Crippen LogP contribution in [0.4, 0.5) is 0 Å². The molecular weight excluding hydrogens is 877 g/mol. The van der Waals surface area contributed by atoms with Gasteiger partial charge in [0.2, 0.25) is 12.2 Å². The highest BCUT2D eigenvalue weighted by Gasteiger charge is 2.55. The van der Waals surface area contributed by atoms with Gasteiger partial charge in [0.15, 0.2) is 43.5 Å². The normalized spacial score (nSPS) is 25.6. The number of hydrogen-bond donors (Lipinski definition) is 1. The molecule has 0 amide bonds. The van der Waals surface area contributed by atoms with Crippen molar-refractivity contribution in [2.75, 3.05) is 20.3 Å². The van der Waals surface area contributed by atoms with E-state index in [0.29, 0.717) is 5.75 Å². The van der Waals surface area contributed by atoms with Crippen LogP contribution in [0.15, 0.2) is 24.3 Å². The van der Waals surface area contributed by atoms with Crippen molar-refractivity contribution in [3.8, 4) is 5.75 Å². The summed E-state index contributed by atoms with van der Waals surface area (Å²) in [5.74, 6) is -1.48. The van der Waals surface area contributed by atoms with Gasteiger partial charge in [-0.3, -0.25) is 10.2 Å². The van der Waals surface area contributed by atoms with Gasteiger partial charge in [-0.15, -0.1) is 0 Å². The smallest absolute Gasteiger partial charge is 0.338 e. The van der Waals surface area contributed by atoms with Gasteiger partial charge in [-0.05, 0) is 78.7 Å². The van der Waals surface area contributed by atoms with Gasteiger partial charge in [0.05, 0.1) is 38.1 Å². The second-order valence-corrected chi connectivity index (χ2v) is 31.7. The molecule has 8 unspecified atom stereocenters. The Morgan fingerprint density at radius 3 is 1.49 bits per heavy atom. The molecule has 8 atom stereocenters. The number of halogens is 3. The van der Waals surface area contributed by atoms with Crippen molar-refractivity contribution in [1.82, 2.24) is 0 Å². The zero-order valence-electron chi connectivity index (χ0n) is 36.7. The third kappa shape index (κ3) is 13.4. The van der Waals surface area contributed by atoms with Crippen LogP contribution in [0.1, 0.15) is 79.6 Å². The quantitative estimate of drug-likeness (QED) is 0.0388. The van der Waals surface area contributed by atoms with E-state index in [4.69, 9.17) is 86.6 Å². The standard InChI is InChI=1S/C40H68Cl3NO12Si3/c1-12-57(13-2,14-3)54-30-25-49-38(53-39(44)40(41,42)43)34(50-27(10)45)32(30)52-37-35(51-36(46)28-21-23-29(47-11)24-22-28)33(56-59(18-7,19-8)20-9)31(26-48-37)55-58(15-4,16-5)17-6/h21-24,30-35,37-38,44H,12-20,25-26H2,1-11H3. The summed E-state index contributed by atoms with van der Waals surface area (Å²) >= 11 is 18.1. The molecular formula is C40H68Cl3NO12Si3. The first kappa shape index (κ1) is 52.1. The van der Waals surface area contributed by atoms with Gasteiger partial charge in [0.25, 0.3) is 3.79 Å². The minimum Gasteiger partial charge on any atom is -0.497 e. The molecule has 338 valence electrons. The van der Waals surface area contributed by atoms with Gasteiger partial charge in [0, 0.05) is 6.92 Å². The first-order chi connectivity index (χ1) is 27.9. The van der Waals surface area contributed by atoms with Crippen LogP contribution < -0.4 is 4.74 Å². The topological polar surface area (TPSA) is 150 Å². The molecule has 3 rings (SSSR count). The van der Waals surface area contributed by atoms with E-state index >= 15 is 0 Å². The van der Waals surface area contributed by atoms with Gasteiger partial charge in [-0.2, -0.15) is 0 Å². The van der Waals surface area contributed by atoms with Crippen LogP contribution in [-0.2, 0) is 46.5 Å². The first-order valence-electron chi connectivity index (χ1n) is 21.2. The van der Waals surface area contributed by atoms with Crippen molar-refractivity contribution in [3.63, 3.8) is 0 Å². The summed E-state index contributed by atoms with van der Waals surface area (Å²) in [6.45, 7) is 20.4. The van der Waals surface area contributed by atoms with Gasteiger partial charge in [0.1, 0.15) is 18.0 Å². The van der Waals surface area contributed by atoms with Crippen molar-refractivity contribution in [2.45, 2.75) is 177 Å². The van der Waals surface area contributed by atoms with E-state index < -0.39 is 95.8 Å². The Balaban J connectivity index is 2.27. The Hall–Kier alpha value is -1.29. The predicted octanol–water partition coefficient (Wildman–Crippen LogP) is 9.79. The Morgan fingerprint density at radius 2 is 1.07 bits per heavy atom. The third-order valence-corrected chi connectivity index (χ3v) is 26.9. The molecule has 59 heavy (non-hydrogen) atoms. The molecule has 0 aliphatic carbocycles. The second kappa shape index (κ2) is 23.4. The number of rotatable bonds is 22. The van der Waals surface area contributed by atoms with Crippen molar-refractivity contribution in [2.24, 2.45) is 0 Å². The summed E-state index contributed by atoms with van der Waals surface area (Å²) in [6, 6.07) is 14.1. The van der Waals surface area contributed by atoms with Gasteiger partial charge in [-0.1, -0.05) is 97.1 Å². The van der Waals surface area contributed by atoms with E-state index in [2.05, 4.69) is 62.3 Å². The molecule has 0 radical (unpaired) electrons. The van der Waals surface area contributed by atoms with Crippen LogP contribution in [0.2, 0.25) is 54.4 Å². The van der Waals surface area contributed by atoms with Crippen LogP contribution in [0, 0.1) is 5.41 Å². The van der Waals surface area contributed by atoms with Gasteiger partial charge >= 0.3 is 11.9 Å². The van der Waals surface area contributed by atoms with Crippen LogP contribution in [0.3, 0.4) is 0 Å².